The average Bonchev–Trinajstić information content (AvgIpc) is 3.34. The maximum Gasteiger partial charge on any atom is 0.242 e. The van der Waals surface area contributed by atoms with E-state index in [2.05, 4.69) is 9.97 Å². The SMILES string of the molecule is CS(=O)(=O)Cc1nc2ccccc2n1CC(=O)N1CCCC(c2nc3ccccc3[nH]2)C1. The number of aromatic amines is 1. The predicted molar refractivity (Wildman–Crippen MR) is 123 cm³/mol. The normalized spacial score (nSPS) is 17.3. The van der Waals surface area contributed by atoms with Crippen molar-refractivity contribution >= 4 is 37.8 Å². The smallest absolute Gasteiger partial charge is 0.242 e. The van der Waals surface area contributed by atoms with Crippen LogP contribution in [-0.4, -0.2) is 58.1 Å². The number of fused-ring (bicyclic) bond motifs is 2. The molecule has 4 aromatic rings. The molecule has 1 fully saturated rings. The van der Waals surface area contributed by atoms with Gasteiger partial charge in [-0.15, -0.1) is 0 Å². The molecule has 1 aliphatic heterocycles. The zero-order valence-electron chi connectivity index (χ0n) is 17.9. The van der Waals surface area contributed by atoms with Crippen molar-refractivity contribution in [2.75, 3.05) is 19.3 Å². The van der Waals surface area contributed by atoms with Gasteiger partial charge in [-0.3, -0.25) is 4.79 Å². The molecular weight excluding hydrogens is 426 g/mol. The van der Waals surface area contributed by atoms with Crippen LogP contribution in [0.4, 0.5) is 0 Å². The maximum absolute atomic E-state index is 13.3. The minimum Gasteiger partial charge on any atom is -0.342 e. The van der Waals surface area contributed by atoms with Crippen LogP contribution in [0.2, 0.25) is 0 Å². The highest BCUT2D eigenvalue weighted by molar-refractivity contribution is 7.89. The van der Waals surface area contributed by atoms with E-state index in [1.165, 1.54) is 6.26 Å². The topological polar surface area (TPSA) is 101 Å². The molecule has 1 amide bonds. The molecule has 1 aliphatic rings. The van der Waals surface area contributed by atoms with Crippen LogP contribution in [0.25, 0.3) is 22.1 Å². The molecule has 0 aliphatic carbocycles. The lowest BCUT2D eigenvalue weighted by Crippen LogP contribution is -2.41. The third kappa shape index (κ3) is 4.12. The Morgan fingerprint density at radius 1 is 1.09 bits per heavy atom. The number of nitrogens with zero attached hydrogens (tertiary/aromatic N) is 4. The van der Waals surface area contributed by atoms with E-state index in [9.17, 15) is 13.2 Å². The number of hydrogen-bond acceptors (Lipinski definition) is 5. The number of para-hydroxylation sites is 4. The van der Waals surface area contributed by atoms with Gasteiger partial charge in [0.05, 0.1) is 22.1 Å². The number of amides is 1. The molecule has 1 saturated heterocycles. The molecule has 0 saturated carbocycles. The molecule has 1 atom stereocenters. The van der Waals surface area contributed by atoms with E-state index < -0.39 is 9.84 Å². The van der Waals surface area contributed by atoms with Crippen molar-refractivity contribution in [3.05, 3.63) is 60.2 Å². The molecule has 0 spiro atoms. The van der Waals surface area contributed by atoms with Crippen molar-refractivity contribution < 1.29 is 13.2 Å². The Morgan fingerprint density at radius 2 is 1.84 bits per heavy atom. The molecule has 0 radical (unpaired) electrons. The second kappa shape index (κ2) is 8.05. The highest BCUT2D eigenvalue weighted by Gasteiger charge is 2.28. The summed E-state index contributed by atoms with van der Waals surface area (Å²) in [6.07, 6.45) is 3.05. The van der Waals surface area contributed by atoms with Gasteiger partial charge in [-0.2, -0.15) is 0 Å². The zero-order valence-corrected chi connectivity index (χ0v) is 18.7. The van der Waals surface area contributed by atoms with Gasteiger partial charge in [0.1, 0.15) is 23.9 Å². The van der Waals surface area contributed by atoms with Crippen molar-refractivity contribution in [3.63, 3.8) is 0 Å². The van der Waals surface area contributed by atoms with Crippen LogP contribution in [-0.2, 0) is 26.9 Å². The Balaban J connectivity index is 1.39. The van der Waals surface area contributed by atoms with Crippen molar-refractivity contribution in [1.82, 2.24) is 24.4 Å². The minimum atomic E-state index is -3.29. The number of rotatable bonds is 5. The molecule has 2 aromatic heterocycles. The number of carbonyl (C=O) groups excluding carboxylic acids is 1. The Morgan fingerprint density at radius 3 is 2.62 bits per heavy atom. The molecule has 0 bridgehead atoms. The van der Waals surface area contributed by atoms with Gasteiger partial charge in [0, 0.05) is 25.3 Å². The number of benzene rings is 2. The highest BCUT2D eigenvalue weighted by Crippen LogP contribution is 2.27. The molecule has 5 rings (SSSR count). The monoisotopic (exact) mass is 451 g/mol. The number of likely N-dealkylation sites (tertiary alicyclic amines) is 1. The molecular formula is C23H25N5O3S. The van der Waals surface area contributed by atoms with Crippen LogP contribution in [0.3, 0.4) is 0 Å². The van der Waals surface area contributed by atoms with Gasteiger partial charge in [0.2, 0.25) is 5.91 Å². The second-order valence-electron chi connectivity index (χ2n) is 8.49. The summed E-state index contributed by atoms with van der Waals surface area (Å²) in [5.74, 6) is 1.22. The molecule has 9 heteroatoms. The fraction of sp³-hybridized carbons (Fsp3) is 0.348. The summed E-state index contributed by atoms with van der Waals surface area (Å²) in [5.41, 5.74) is 3.39. The van der Waals surface area contributed by atoms with Crippen LogP contribution < -0.4 is 0 Å². The molecule has 32 heavy (non-hydrogen) atoms. The first-order chi connectivity index (χ1) is 15.4. The van der Waals surface area contributed by atoms with E-state index in [-0.39, 0.29) is 24.1 Å². The fourth-order valence-electron chi connectivity index (χ4n) is 4.47. The Bertz CT molecular complexity index is 1370. The van der Waals surface area contributed by atoms with E-state index in [0.717, 1.165) is 35.2 Å². The van der Waals surface area contributed by atoms with Gasteiger partial charge < -0.3 is 14.5 Å². The van der Waals surface area contributed by atoms with Crippen molar-refractivity contribution in [3.8, 4) is 0 Å². The number of hydrogen-bond donors (Lipinski definition) is 1. The van der Waals surface area contributed by atoms with E-state index in [1.54, 1.807) is 4.57 Å². The number of carbonyl (C=O) groups is 1. The fourth-order valence-corrected chi connectivity index (χ4v) is 5.16. The highest BCUT2D eigenvalue weighted by atomic mass is 32.2. The minimum absolute atomic E-state index is 0.0382. The lowest BCUT2D eigenvalue weighted by Gasteiger charge is -2.32. The summed E-state index contributed by atoms with van der Waals surface area (Å²) in [5, 5.41) is 0. The Kier molecular flexibility index (Phi) is 5.21. The summed E-state index contributed by atoms with van der Waals surface area (Å²) in [4.78, 5) is 27.7. The number of imidazole rings is 2. The van der Waals surface area contributed by atoms with Gasteiger partial charge in [0.15, 0.2) is 9.84 Å². The van der Waals surface area contributed by atoms with E-state index in [4.69, 9.17) is 4.98 Å². The van der Waals surface area contributed by atoms with E-state index in [1.807, 2.05) is 53.4 Å². The van der Waals surface area contributed by atoms with Crippen molar-refractivity contribution in [2.45, 2.75) is 31.1 Å². The summed E-state index contributed by atoms with van der Waals surface area (Å²) in [6.45, 7) is 1.34. The van der Waals surface area contributed by atoms with Crippen LogP contribution in [0.1, 0.15) is 30.4 Å². The van der Waals surface area contributed by atoms with E-state index in [0.29, 0.717) is 24.4 Å². The number of aromatic nitrogens is 4. The van der Waals surface area contributed by atoms with Crippen LogP contribution in [0, 0.1) is 0 Å². The second-order valence-corrected chi connectivity index (χ2v) is 10.6. The van der Waals surface area contributed by atoms with Gasteiger partial charge >= 0.3 is 0 Å². The average molecular weight is 452 g/mol. The number of nitrogens with one attached hydrogen (secondary N) is 1. The molecule has 1 N–H and O–H groups in total. The molecule has 1 unspecified atom stereocenters. The summed E-state index contributed by atoms with van der Waals surface area (Å²) in [7, 11) is -3.29. The Labute approximate surface area is 186 Å². The molecule has 8 nitrogen and oxygen atoms in total. The summed E-state index contributed by atoms with van der Waals surface area (Å²) < 4.78 is 25.6. The number of piperidine rings is 1. The van der Waals surface area contributed by atoms with E-state index >= 15 is 0 Å². The molecule has 2 aromatic carbocycles. The number of H-pyrrole nitrogens is 1. The number of sulfone groups is 1. The largest absolute Gasteiger partial charge is 0.342 e. The van der Waals surface area contributed by atoms with Gasteiger partial charge in [-0.05, 0) is 37.1 Å². The first-order valence-electron chi connectivity index (χ1n) is 10.7. The van der Waals surface area contributed by atoms with Gasteiger partial charge in [-0.1, -0.05) is 24.3 Å². The predicted octanol–water partition coefficient (Wildman–Crippen LogP) is 2.86. The van der Waals surface area contributed by atoms with Gasteiger partial charge in [-0.25, -0.2) is 18.4 Å². The quantitative estimate of drug-likeness (QED) is 0.503. The summed E-state index contributed by atoms with van der Waals surface area (Å²) >= 11 is 0. The van der Waals surface area contributed by atoms with Crippen molar-refractivity contribution in [1.29, 1.82) is 0 Å². The van der Waals surface area contributed by atoms with Crippen LogP contribution in [0.5, 0.6) is 0 Å². The molecule has 3 heterocycles. The first kappa shape index (κ1) is 20.7. The Hall–Kier alpha value is -3.20. The lowest BCUT2D eigenvalue weighted by molar-refractivity contribution is -0.133. The van der Waals surface area contributed by atoms with Crippen LogP contribution in [0.15, 0.2) is 48.5 Å². The first-order valence-corrected chi connectivity index (χ1v) is 12.8. The van der Waals surface area contributed by atoms with Crippen LogP contribution >= 0.6 is 0 Å². The van der Waals surface area contributed by atoms with Crippen molar-refractivity contribution in [2.24, 2.45) is 0 Å². The third-order valence-electron chi connectivity index (χ3n) is 5.99. The summed E-state index contributed by atoms with van der Waals surface area (Å²) in [6, 6.07) is 15.4. The molecule has 166 valence electrons. The standard InChI is InChI=1S/C23H25N5O3S/c1-32(30,31)15-21-24-19-10-4-5-11-20(19)28(21)14-22(29)27-12-6-7-16(13-27)23-25-17-8-2-3-9-18(17)26-23/h2-5,8-11,16H,6-7,12-15H2,1H3,(H,25,26). The maximum atomic E-state index is 13.3. The van der Waals surface area contributed by atoms with Gasteiger partial charge in [0.25, 0.3) is 0 Å². The zero-order chi connectivity index (χ0) is 22.3. The lowest BCUT2D eigenvalue weighted by atomic mass is 9.97. The third-order valence-corrected chi connectivity index (χ3v) is 6.77.